The van der Waals surface area contributed by atoms with Gasteiger partial charge in [-0.3, -0.25) is 0 Å². The van der Waals surface area contributed by atoms with Crippen LogP contribution in [0.5, 0.6) is 0 Å². The van der Waals surface area contributed by atoms with Crippen LogP contribution in [0.3, 0.4) is 0 Å². The molecule has 0 saturated heterocycles. The van der Waals surface area contributed by atoms with Gasteiger partial charge in [-0.05, 0) is 108 Å². The first-order chi connectivity index (χ1) is 31.3. The molecule has 0 aliphatic heterocycles. The molecule has 0 fully saturated rings. The zero-order valence-corrected chi connectivity index (χ0v) is 39.6. The average molecular weight is 858 g/mol. The van der Waals surface area contributed by atoms with Crippen molar-refractivity contribution in [1.29, 1.82) is 0 Å². The Kier molecular flexibility index (Phi) is 9.58. The van der Waals surface area contributed by atoms with Gasteiger partial charge < -0.3 is 4.90 Å². The summed E-state index contributed by atoms with van der Waals surface area (Å²) < 4.78 is 2.65. The van der Waals surface area contributed by atoms with Crippen LogP contribution < -0.4 is 4.90 Å². The lowest BCUT2D eigenvalue weighted by Crippen LogP contribution is -2.16. The minimum atomic E-state index is -0.141. The number of thiophene rings is 1. The van der Waals surface area contributed by atoms with Crippen LogP contribution in [0.25, 0.3) is 75.5 Å². The van der Waals surface area contributed by atoms with Crippen LogP contribution in [0.4, 0.5) is 17.1 Å². The number of anilines is 3. The highest BCUT2D eigenvalue weighted by atomic mass is 32.1. The molecule has 1 aliphatic carbocycles. The molecule has 0 amide bonds. The Balaban J connectivity index is 1.15. The van der Waals surface area contributed by atoms with E-state index in [1.165, 1.54) is 103 Å². The van der Waals surface area contributed by atoms with Crippen LogP contribution in [-0.4, -0.2) is 0 Å². The maximum Gasteiger partial charge on any atom is 0.0543 e. The molecule has 1 aromatic heterocycles. The Labute approximate surface area is 388 Å². The van der Waals surface area contributed by atoms with Crippen LogP contribution >= 0.6 is 11.3 Å². The zero-order valence-electron chi connectivity index (χ0n) is 38.8. The summed E-state index contributed by atoms with van der Waals surface area (Å²) in [5, 5.41) is 5.14. The van der Waals surface area contributed by atoms with E-state index in [0.717, 1.165) is 11.4 Å². The maximum absolute atomic E-state index is 2.54. The molecule has 1 nitrogen and oxygen atoms in total. The van der Waals surface area contributed by atoms with Crippen molar-refractivity contribution >= 4 is 59.3 Å². The SMILES string of the molecule is CC(C)(C)c1cc(-c2cccc3cccc(-c4ccccc4N(c4ccc(-c5cccc6c5sc5ccccc56)cc4)c4cccc5c4-c4ccccc4C5(C)C)c23)cc(C(C)(C)C)c1. The highest BCUT2D eigenvalue weighted by Gasteiger charge is 2.38. The molecule has 0 radical (unpaired) electrons. The van der Waals surface area contributed by atoms with Crippen molar-refractivity contribution in [1.82, 2.24) is 0 Å². The third-order valence-corrected chi connectivity index (χ3v) is 15.2. The first kappa shape index (κ1) is 41.0. The van der Waals surface area contributed by atoms with E-state index in [4.69, 9.17) is 0 Å². The van der Waals surface area contributed by atoms with Crippen LogP contribution in [-0.2, 0) is 16.2 Å². The zero-order chi connectivity index (χ0) is 44.8. The molecule has 1 aliphatic rings. The molecule has 9 aromatic carbocycles. The van der Waals surface area contributed by atoms with E-state index in [0.29, 0.717) is 0 Å². The fraction of sp³-hybridized carbons (Fsp3) is 0.175. The predicted octanol–water partition coefficient (Wildman–Crippen LogP) is 18.6. The fourth-order valence-corrected chi connectivity index (χ4v) is 11.7. The first-order valence-corrected chi connectivity index (χ1v) is 23.9. The largest absolute Gasteiger partial charge is 0.309 e. The summed E-state index contributed by atoms with van der Waals surface area (Å²) in [5.41, 5.74) is 18.8. The van der Waals surface area contributed by atoms with Gasteiger partial charge in [-0.1, -0.05) is 213 Å². The maximum atomic E-state index is 2.54. The quantitative estimate of drug-likeness (QED) is 0.161. The molecular formula is C63H55NS. The van der Waals surface area contributed by atoms with E-state index in [-0.39, 0.29) is 16.2 Å². The lowest BCUT2D eigenvalue weighted by molar-refractivity contribution is 0.569. The monoisotopic (exact) mass is 857 g/mol. The first-order valence-electron chi connectivity index (χ1n) is 23.1. The third kappa shape index (κ3) is 6.81. The standard InChI is InChI=1S/C63H55NS/c1-61(2,3)43-37-42(38-44(39-43)62(4,5)6)46-24-15-19-41-20-16-26-50(58(41)46)48-21-10-13-30-55(48)64(56-31-18-29-54-59(56)52-23-9-12-28-53(52)63(54,7)8)45-35-33-40(34-36-45)47-25-17-27-51-49-22-11-14-32-57(49)65-60(47)51/h9-39H,1-8H3. The second-order valence-corrected chi connectivity index (χ2v) is 21.6. The van der Waals surface area contributed by atoms with Crippen molar-refractivity contribution in [2.24, 2.45) is 0 Å². The van der Waals surface area contributed by atoms with Crippen LogP contribution in [0, 0.1) is 0 Å². The van der Waals surface area contributed by atoms with Crippen LogP contribution in [0.1, 0.15) is 77.6 Å². The highest BCUT2D eigenvalue weighted by molar-refractivity contribution is 7.26. The molecule has 10 aromatic rings. The van der Waals surface area contributed by atoms with Crippen molar-refractivity contribution in [2.75, 3.05) is 4.90 Å². The molecule has 11 rings (SSSR count). The summed E-state index contributed by atoms with van der Waals surface area (Å²) in [6.45, 7) is 18.7. The summed E-state index contributed by atoms with van der Waals surface area (Å²) >= 11 is 1.89. The van der Waals surface area contributed by atoms with E-state index < -0.39 is 0 Å². The van der Waals surface area contributed by atoms with Gasteiger partial charge in [0.25, 0.3) is 0 Å². The number of hydrogen-bond acceptors (Lipinski definition) is 2. The summed E-state index contributed by atoms with van der Waals surface area (Å²) in [7, 11) is 0. The minimum absolute atomic E-state index is 0.000406. The normalized spacial score (nSPS) is 13.4. The van der Waals surface area contributed by atoms with Crippen molar-refractivity contribution in [3.63, 3.8) is 0 Å². The molecular weight excluding hydrogens is 803 g/mol. The van der Waals surface area contributed by atoms with Crippen LogP contribution in [0.15, 0.2) is 188 Å². The van der Waals surface area contributed by atoms with E-state index in [9.17, 15) is 0 Å². The third-order valence-electron chi connectivity index (χ3n) is 14.0. The molecule has 65 heavy (non-hydrogen) atoms. The topological polar surface area (TPSA) is 3.24 Å². The summed E-state index contributed by atoms with van der Waals surface area (Å²) in [4.78, 5) is 2.54. The van der Waals surface area contributed by atoms with Gasteiger partial charge in [-0.25, -0.2) is 0 Å². The number of benzene rings is 9. The molecule has 2 heteroatoms. The summed E-state index contributed by atoms with van der Waals surface area (Å²) in [6.07, 6.45) is 0. The fourth-order valence-electron chi connectivity index (χ4n) is 10.4. The lowest BCUT2D eigenvalue weighted by Gasteiger charge is -2.31. The number of para-hydroxylation sites is 1. The average Bonchev–Trinajstić information content (AvgIpc) is 3.81. The molecule has 1 heterocycles. The molecule has 0 unspecified atom stereocenters. The van der Waals surface area contributed by atoms with Gasteiger partial charge in [0.05, 0.1) is 11.4 Å². The van der Waals surface area contributed by atoms with Gasteiger partial charge in [0, 0.05) is 42.4 Å². The number of hydrogen-bond donors (Lipinski definition) is 0. The van der Waals surface area contributed by atoms with Gasteiger partial charge in [0.2, 0.25) is 0 Å². The van der Waals surface area contributed by atoms with Crippen molar-refractivity contribution in [2.45, 2.75) is 71.6 Å². The molecule has 0 saturated carbocycles. The van der Waals surface area contributed by atoms with Gasteiger partial charge in [-0.2, -0.15) is 0 Å². The Hall–Kier alpha value is -6.74. The second-order valence-electron chi connectivity index (χ2n) is 20.6. The van der Waals surface area contributed by atoms with Gasteiger partial charge in [-0.15, -0.1) is 11.3 Å². The predicted molar refractivity (Wildman–Crippen MR) is 283 cm³/mol. The molecule has 0 atom stereocenters. The van der Waals surface area contributed by atoms with E-state index in [2.05, 4.69) is 248 Å². The Morgan fingerprint density at radius 2 is 0.985 bits per heavy atom. The molecule has 0 spiro atoms. The Bertz CT molecular complexity index is 3440. The number of fused-ring (bicyclic) bond motifs is 7. The molecule has 0 bridgehead atoms. The number of nitrogens with zero attached hydrogens (tertiary/aromatic N) is 1. The van der Waals surface area contributed by atoms with Gasteiger partial charge >= 0.3 is 0 Å². The molecule has 318 valence electrons. The lowest BCUT2D eigenvalue weighted by atomic mass is 9.78. The smallest absolute Gasteiger partial charge is 0.0543 e. The van der Waals surface area contributed by atoms with Gasteiger partial charge in [0.15, 0.2) is 0 Å². The molecule has 0 N–H and O–H groups in total. The van der Waals surface area contributed by atoms with Crippen molar-refractivity contribution < 1.29 is 0 Å². The number of rotatable bonds is 6. The summed E-state index contributed by atoms with van der Waals surface area (Å²) in [6, 6.07) is 70.9. The van der Waals surface area contributed by atoms with E-state index in [1.54, 1.807) is 0 Å². The van der Waals surface area contributed by atoms with Gasteiger partial charge in [0.1, 0.15) is 0 Å². The second kappa shape index (κ2) is 15.2. The van der Waals surface area contributed by atoms with Crippen molar-refractivity contribution in [3.05, 3.63) is 210 Å². The van der Waals surface area contributed by atoms with Crippen LogP contribution in [0.2, 0.25) is 0 Å². The Morgan fingerprint density at radius 1 is 0.431 bits per heavy atom. The van der Waals surface area contributed by atoms with E-state index >= 15 is 0 Å². The highest BCUT2D eigenvalue weighted by Crippen LogP contribution is 2.55. The van der Waals surface area contributed by atoms with Crippen molar-refractivity contribution in [3.8, 4) is 44.5 Å². The minimum Gasteiger partial charge on any atom is -0.309 e. The Morgan fingerprint density at radius 3 is 1.72 bits per heavy atom. The summed E-state index contributed by atoms with van der Waals surface area (Å²) in [5.74, 6) is 0. The van der Waals surface area contributed by atoms with E-state index in [1.807, 2.05) is 11.3 Å².